The Bertz CT molecular complexity index is 1710. The molecule has 0 spiro atoms. The summed E-state index contributed by atoms with van der Waals surface area (Å²) < 4.78 is 8.90. The topological polar surface area (TPSA) is 21.4 Å². The molecule has 0 N–H and O–H groups in total. The average molecular weight is 492 g/mol. The third kappa shape index (κ3) is 3.92. The van der Waals surface area contributed by atoms with E-state index in [0.29, 0.717) is 11.6 Å². The summed E-state index contributed by atoms with van der Waals surface area (Å²) in [5.74, 6) is 0.613. The van der Waals surface area contributed by atoms with Gasteiger partial charge in [0, 0.05) is 28.3 Å². The Kier molecular flexibility index (Phi) is 5.80. The van der Waals surface area contributed by atoms with Crippen molar-refractivity contribution in [2.24, 2.45) is 13.0 Å². The van der Waals surface area contributed by atoms with Crippen molar-refractivity contribution < 1.29 is 8.98 Å². The van der Waals surface area contributed by atoms with Crippen LogP contribution in [-0.4, -0.2) is 8.07 Å². The largest absolute Gasteiger partial charge is 0.456 e. The summed E-state index contributed by atoms with van der Waals surface area (Å²) >= 11 is 0. The first kappa shape index (κ1) is 24.3. The van der Waals surface area contributed by atoms with E-state index >= 15 is 0 Å². The van der Waals surface area contributed by atoms with Crippen molar-refractivity contribution in [1.29, 1.82) is 0 Å². The molecule has 0 saturated carbocycles. The highest BCUT2D eigenvalue weighted by Crippen LogP contribution is 2.40. The Labute approximate surface area is 215 Å². The van der Waals surface area contributed by atoms with Crippen molar-refractivity contribution >= 4 is 51.8 Å². The average Bonchev–Trinajstić information content (AvgIpc) is 3.16. The van der Waals surface area contributed by atoms with Crippen LogP contribution in [0, 0.1) is 26.3 Å². The molecule has 4 heteroatoms. The van der Waals surface area contributed by atoms with Crippen LogP contribution in [0.4, 0.5) is 5.69 Å². The van der Waals surface area contributed by atoms with Gasteiger partial charge in [-0.3, -0.25) is 0 Å². The van der Waals surface area contributed by atoms with E-state index in [1.54, 1.807) is 0 Å². The number of fused-ring (bicyclic) bond motifs is 4. The van der Waals surface area contributed by atoms with E-state index in [0.717, 1.165) is 33.9 Å². The normalized spacial score (nSPS) is 12.2. The summed E-state index contributed by atoms with van der Waals surface area (Å²) in [6.07, 6.45) is 1.07. The Morgan fingerprint density at radius 2 is 1.67 bits per heavy atom. The highest BCUT2D eigenvalue weighted by molar-refractivity contribution is 6.90. The van der Waals surface area contributed by atoms with Crippen LogP contribution in [-0.2, 0) is 13.5 Å². The Balaban J connectivity index is 1.92. The zero-order valence-electron chi connectivity index (χ0n) is 22.7. The first-order valence-corrected chi connectivity index (χ1v) is 16.3. The molecule has 5 aromatic rings. The molecular formula is C32H35N2OSi+. The third-order valence-corrected chi connectivity index (χ3v) is 9.49. The van der Waals surface area contributed by atoms with E-state index in [1.807, 2.05) is 18.2 Å². The lowest BCUT2D eigenvalue weighted by atomic mass is 9.95. The van der Waals surface area contributed by atoms with Gasteiger partial charge in [-0.25, -0.2) is 4.85 Å². The Morgan fingerprint density at radius 3 is 2.33 bits per heavy atom. The molecule has 2 heterocycles. The number of hydrogen-bond acceptors (Lipinski definition) is 1. The molecule has 0 saturated heterocycles. The van der Waals surface area contributed by atoms with Crippen LogP contribution in [0.5, 0.6) is 0 Å². The highest BCUT2D eigenvalue weighted by atomic mass is 28.3. The predicted molar refractivity (Wildman–Crippen MR) is 155 cm³/mol. The van der Waals surface area contributed by atoms with E-state index in [1.165, 1.54) is 38.5 Å². The second kappa shape index (κ2) is 8.60. The molecule has 2 aromatic heterocycles. The molecule has 0 bridgehead atoms. The van der Waals surface area contributed by atoms with Crippen LogP contribution >= 0.6 is 0 Å². The lowest BCUT2D eigenvalue weighted by Crippen LogP contribution is -2.43. The number of nitrogens with zero attached hydrogens (tertiary/aromatic N) is 2. The minimum atomic E-state index is -1.65. The number of rotatable bonds is 4. The molecule has 0 aliphatic carbocycles. The van der Waals surface area contributed by atoms with E-state index in [9.17, 15) is 0 Å². The molecule has 0 radical (unpaired) electrons. The molecule has 5 rings (SSSR count). The van der Waals surface area contributed by atoms with Gasteiger partial charge in [-0.05, 0) is 66.3 Å². The third-order valence-electron chi connectivity index (χ3n) is 7.46. The summed E-state index contributed by atoms with van der Waals surface area (Å²) in [7, 11) is 0.538. The minimum absolute atomic E-state index is 0.603. The van der Waals surface area contributed by atoms with Gasteiger partial charge in [-0.1, -0.05) is 51.7 Å². The quantitative estimate of drug-likeness (QED) is 0.141. The molecule has 0 aliphatic heterocycles. The molecule has 0 unspecified atom stereocenters. The summed E-state index contributed by atoms with van der Waals surface area (Å²) in [5, 5.41) is 5.01. The number of furan rings is 1. The van der Waals surface area contributed by atoms with Gasteiger partial charge < -0.3 is 4.42 Å². The standard InChI is InChI=1S/C32H35N2OSi/c1-19(2)14-22-10-12-25-27(16-22)34(6)28(18-30(25)36(7,8)9)31-21(4)20(3)15-26-24-13-11-23(33-5)17-29(24)35-32(26)31/h10-13,15-19H,14H2,1-4,6-9H3/q+1. The van der Waals surface area contributed by atoms with Crippen LogP contribution in [0.25, 0.3) is 48.9 Å². The molecule has 182 valence electrons. The SMILES string of the molecule is [C-]#[N+]c1ccc2c(c1)oc1c(-c3cc([Si](C)(C)C)c4ccc(CC(C)C)cc4[n+]3C)c(C)c(C)cc12. The summed E-state index contributed by atoms with van der Waals surface area (Å²) in [5.41, 5.74) is 9.78. The summed E-state index contributed by atoms with van der Waals surface area (Å²) in [6.45, 7) is 23.7. The zero-order valence-corrected chi connectivity index (χ0v) is 23.7. The molecule has 0 aliphatic rings. The monoisotopic (exact) mass is 491 g/mol. The maximum absolute atomic E-state index is 7.43. The number of aromatic nitrogens is 1. The van der Waals surface area contributed by atoms with Crippen LogP contribution in [0.2, 0.25) is 19.6 Å². The molecule has 36 heavy (non-hydrogen) atoms. The van der Waals surface area contributed by atoms with E-state index in [-0.39, 0.29) is 0 Å². The predicted octanol–water partition coefficient (Wildman–Crippen LogP) is 8.14. The van der Waals surface area contributed by atoms with E-state index in [2.05, 4.69) is 94.1 Å². The number of pyridine rings is 1. The van der Waals surface area contributed by atoms with Gasteiger partial charge in [0.1, 0.15) is 18.2 Å². The second-order valence-corrected chi connectivity index (χ2v) is 16.7. The number of aryl methyl sites for hydroxylation is 2. The first-order valence-electron chi connectivity index (χ1n) is 12.8. The lowest BCUT2D eigenvalue weighted by molar-refractivity contribution is -0.633. The van der Waals surface area contributed by atoms with Crippen molar-refractivity contribution in [2.45, 2.75) is 53.8 Å². The number of hydrogen-bond donors (Lipinski definition) is 0. The maximum Gasteiger partial charge on any atom is 0.216 e. The van der Waals surface area contributed by atoms with E-state index < -0.39 is 8.07 Å². The fourth-order valence-corrected chi connectivity index (χ4v) is 7.08. The molecule has 0 atom stereocenters. The Morgan fingerprint density at radius 1 is 0.944 bits per heavy atom. The van der Waals surface area contributed by atoms with Crippen molar-refractivity contribution in [3.05, 3.63) is 76.6 Å². The van der Waals surface area contributed by atoms with Crippen molar-refractivity contribution in [3.63, 3.8) is 0 Å². The van der Waals surface area contributed by atoms with Gasteiger partial charge in [0.05, 0.1) is 20.2 Å². The van der Waals surface area contributed by atoms with Crippen LogP contribution in [0.15, 0.2) is 52.9 Å². The van der Waals surface area contributed by atoms with Crippen molar-refractivity contribution in [2.75, 3.05) is 0 Å². The van der Waals surface area contributed by atoms with Crippen molar-refractivity contribution in [1.82, 2.24) is 0 Å². The van der Waals surface area contributed by atoms with Gasteiger partial charge in [-0.15, -0.1) is 0 Å². The second-order valence-electron chi connectivity index (χ2n) is 11.7. The molecule has 3 aromatic carbocycles. The van der Waals surface area contributed by atoms with E-state index in [4.69, 9.17) is 11.0 Å². The highest BCUT2D eigenvalue weighted by Gasteiger charge is 2.29. The van der Waals surface area contributed by atoms with Gasteiger partial charge in [-0.2, -0.15) is 4.57 Å². The number of benzene rings is 3. The van der Waals surface area contributed by atoms with Gasteiger partial charge >= 0.3 is 0 Å². The molecular weight excluding hydrogens is 456 g/mol. The van der Waals surface area contributed by atoms with Gasteiger partial charge in [0.25, 0.3) is 0 Å². The van der Waals surface area contributed by atoms with Crippen LogP contribution in [0.1, 0.15) is 30.5 Å². The first-order chi connectivity index (χ1) is 17.0. The van der Waals surface area contributed by atoms with Crippen LogP contribution in [0.3, 0.4) is 0 Å². The molecule has 3 nitrogen and oxygen atoms in total. The van der Waals surface area contributed by atoms with Gasteiger partial charge in [0.15, 0.2) is 5.69 Å². The fraction of sp³-hybridized carbons (Fsp3) is 0.312. The summed E-state index contributed by atoms with van der Waals surface area (Å²) in [6, 6.07) is 17.5. The smallest absolute Gasteiger partial charge is 0.216 e. The van der Waals surface area contributed by atoms with Gasteiger partial charge in [0.2, 0.25) is 11.2 Å². The minimum Gasteiger partial charge on any atom is -0.456 e. The molecule has 0 fully saturated rings. The lowest BCUT2D eigenvalue weighted by Gasteiger charge is -2.21. The Hall–Kier alpha value is -3.42. The van der Waals surface area contributed by atoms with Crippen LogP contribution < -0.4 is 9.75 Å². The maximum atomic E-state index is 7.43. The molecule has 0 amide bonds. The zero-order chi connectivity index (χ0) is 25.9. The summed E-state index contributed by atoms with van der Waals surface area (Å²) in [4.78, 5) is 3.61. The van der Waals surface area contributed by atoms with Crippen molar-refractivity contribution in [3.8, 4) is 11.3 Å². The fourth-order valence-electron chi connectivity index (χ4n) is 5.49.